The Morgan fingerprint density at radius 2 is 1.97 bits per heavy atom. The molecule has 3 aromatic rings. The van der Waals surface area contributed by atoms with Crippen LogP contribution in [0.1, 0.15) is 34.4 Å². The minimum Gasteiger partial charge on any atom is -0.464 e. The smallest absolute Gasteiger partial charge is 0.311 e. The third-order valence-electron chi connectivity index (χ3n) is 4.85. The van der Waals surface area contributed by atoms with Crippen LogP contribution >= 0.6 is 0 Å². The topological polar surface area (TPSA) is 108 Å². The fourth-order valence-electron chi connectivity index (χ4n) is 3.19. The van der Waals surface area contributed by atoms with E-state index in [1.54, 1.807) is 36.3 Å². The molecule has 0 unspecified atom stereocenters. The van der Waals surface area contributed by atoms with E-state index in [0.29, 0.717) is 6.54 Å². The second-order valence-electron chi connectivity index (χ2n) is 6.87. The number of ether oxygens (including phenoxy) is 1. The number of carbonyl (C=O) groups excluding carboxylic acids is 1. The molecule has 0 aliphatic carbocycles. The zero-order valence-corrected chi connectivity index (χ0v) is 17.4. The molecule has 0 saturated carbocycles. The quantitative estimate of drug-likeness (QED) is 0.416. The van der Waals surface area contributed by atoms with Crippen molar-refractivity contribution in [3.63, 3.8) is 0 Å². The number of hydrogen-bond donors (Lipinski definition) is 0. The van der Waals surface area contributed by atoms with E-state index in [1.165, 1.54) is 16.8 Å². The van der Waals surface area contributed by atoms with Crippen LogP contribution in [-0.2, 0) is 19.8 Å². The monoisotopic (exact) mass is 412 g/mol. The van der Waals surface area contributed by atoms with Crippen LogP contribution < -0.4 is 4.74 Å². The molecule has 30 heavy (non-hydrogen) atoms. The van der Waals surface area contributed by atoms with E-state index in [2.05, 4.69) is 10.2 Å². The van der Waals surface area contributed by atoms with Gasteiger partial charge in [0, 0.05) is 43.7 Å². The highest BCUT2D eigenvalue weighted by Crippen LogP contribution is 2.26. The summed E-state index contributed by atoms with van der Waals surface area (Å²) in [6, 6.07) is 7.70. The lowest BCUT2D eigenvalue weighted by Gasteiger charge is -2.16. The summed E-state index contributed by atoms with van der Waals surface area (Å²) in [5.74, 6) is -0.0932. The number of aryl methyl sites for hydroxylation is 2. The van der Waals surface area contributed by atoms with E-state index >= 15 is 0 Å². The Balaban J connectivity index is 1.66. The van der Waals surface area contributed by atoms with E-state index in [1.807, 2.05) is 25.5 Å². The average Bonchev–Trinajstić information content (AvgIpc) is 3.31. The zero-order chi connectivity index (χ0) is 21.8. The van der Waals surface area contributed by atoms with Gasteiger partial charge in [-0.15, -0.1) is 0 Å². The predicted octanol–water partition coefficient (Wildman–Crippen LogP) is 2.93. The first-order chi connectivity index (χ1) is 14.3. The highest BCUT2D eigenvalue weighted by molar-refractivity contribution is 5.92. The summed E-state index contributed by atoms with van der Waals surface area (Å²) in [6.07, 6.45) is 1.60. The van der Waals surface area contributed by atoms with Crippen LogP contribution in [0.4, 0.5) is 5.69 Å². The van der Waals surface area contributed by atoms with Crippen LogP contribution in [0.15, 0.2) is 36.5 Å². The van der Waals surface area contributed by atoms with Crippen molar-refractivity contribution >= 4 is 11.6 Å². The molecule has 0 aliphatic rings. The molecule has 0 N–H and O–H groups in total. The summed E-state index contributed by atoms with van der Waals surface area (Å²) in [6.45, 7) is 7.10. The van der Waals surface area contributed by atoms with Gasteiger partial charge in [-0.3, -0.25) is 19.6 Å². The van der Waals surface area contributed by atoms with Crippen LogP contribution in [0.25, 0.3) is 0 Å². The second kappa shape index (κ2) is 8.76. The van der Waals surface area contributed by atoms with Gasteiger partial charge in [0.2, 0.25) is 0 Å². The Bertz CT molecular complexity index is 1070. The van der Waals surface area contributed by atoms with Crippen molar-refractivity contribution in [3.05, 3.63) is 69.3 Å². The Morgan fingerprint density at radius 1 is 1.23 bits per heavy atom. The number of carbonyl (C=O) groups is 1. The van der Waals surface area contributed by atoms with Crippen LogP contribution in [-0.4, -0.2) is 42.3 Å². The number of nitrogens with zero attached hydrogens (tertiary/aromatic N) is 6. The molecule has 0 saturated heterocycles. The summed E-state index contributed by atoms with van der Waals surface area (Å²) in [7, 11) is 1.72. The molecule has 0 bridgehead atoms. The van der Waals surface area contributed by atoms with Crippen molar-refractivity contribution < 1.29 is 14.5 Å². The lowest BCUT2D eigenvalue weighted by atomic mass is 10.2. The average molecular weight is 412 g/mol. The molecule has 0 radical (unpaired) electrons. The minimum atomic E-state index is -0.507. The van der Waals surface area contributed by atoms with Crippen molar-refractivity contribution in [1.82, 2.24) is 24.5 Å². The number of rotatable bonds is 8. The van der Waals surface area contributed by atoms with E-state index in [9.17, 15) is 14.9 Å². The first kappa shape index (κ1) is 21.0. The molecule has 1 amide bonds. The van der Waals surface area contributed by atoms with Gasteiger partial charge in [0.15, 0.2) is 18.2 Å². The fraction of sp³-hybridized carbons (Fsp3) is 0.350. The lowest BCUT2D eigenvalue weighted by Crippen LogP contribution is -2.27. The van der Waals surface area contributed by atoms with Crippen molar-refractivity contribution in [3.8, 4) is 5.75 Å². The van der Waals surface area contributed by atoms with E-state index < -0.39 is 4.92 Å². The number of amides is 1. The molecule has 1 aromatic carbocycles. The number of nitro benzene ring substituents is 1. The van der Waals surface area contributed by atoms with Gasteiger partial charge < -0.3 is 9.64 Å². The number of benzene rings is 1. The summed E-state index contributed by atoms with van der Waals surface area (Å²) < 4.78 is 8.84. The van der Waals surface area contributed by atoms with Crippen LogP contribution in [0, 0.1) is 24.0 Å². The minimum absolute atomic E-state index is 0.0522. The van der Waals surface area contributed by atoms with E-state index in [0.717, 1.165) is 23.5 Å². The fourth-order valence-corrected chi connectivity index (χ4v) is 3.19. The molecular weight excluding hydrogens is 388 g/mol. The Labute approximate surface area is 173 Å². The molecule has 3 rings (SSSR count). The number of nitro groups is 1. The third kappa shape index (κ3) is 4.32. The van der Waals surface area contributed by atoms with Gasteiger partial charge in [-0.1, -0.05) is 12.1 Å². The van der Waals surface area contributed by atoms with Gasteiger partial charge in [-0.2, -0.15) is 10.2 Å². The van der Waals surface area contributed by atoms with Gasteiger partial charge >= 0.3 is 5.69 Å². The SMILES string of the molecule is CCn1nc(C)c(CN(C)C(=O)c2ccn(COc3ccccc3[N+](=O)[O-])n2)c1C. The van der Waals surface area contributed by atoms with Crippen molar-refractivity contribution in [2.45, 2.75) is 40.6 Å². The first-order valence-electron chi connectivity index (χ1n) is 9.49. The van der Waals surface area contributed by atoms with Gasteiger partial charge in [-0.05, 0) is 32.9 Å². The molecule has 158 valence electrons. The number of hydrogen-bond acceptors (Lipinski definition) is 6. The molecule has 0 atom stereocenters. The third-order valence-corrected chi connectivity index (χ3v) is 4.85. The zero-order valence-electron chi connectivity index (χ0n) is 17.4. The second-order valence-corrected chi connectivity index (χ2v) is 6.87. The molecule has 10 nitrogen and oxygen atoms in total. The van der Waals surface area contributed by atoms with Gasteiger partial charge in [0.05, 0.1) is 10.6 Å². The first-order valence-corrected chi connectivity index (χ1v) is 9.49. The van der Waals surface area contributed by atoms with Gasteiger partial charge in [0.25, 0.3) is 5.91 Å². The molecule has 2 aromatic heterocycles. The van der Waals surface area contributed by atoms with E-state index in [-0.39, 0.29) is 29.8 Å². The maximum Gasteiger partial charge on any atom is 0.311 e. The molecule has 2 heterocycles. The van der Waals surface area contributed by atoms with Crippen LogP contribution in [0.2, 0.25) is 0 Å². The van der Waals surface area contributed by atoms with Crippen LogP contribution in [0.5, 0.6) is 5.75 Å². The molecule has 0 spiro atoms. The number of aromatic nitrogens is 4. The summed E-state index contributed by atoms with van der Waals surface area (Å²) in [4.78, 5) is 24.9. The van der Waals surface area contributed by atoms with Crippen molar-refractivity contribution in [2.75, 3.05) is 7.05 Å². The Morgan fingerprint density at radius 3 is 2.63 bits per heavy atom. The van der Waals surface area contributed by atoms with Crippen molar-refractivity contribution in [1.29, 1.82) is 0 Å². The summed E-state index contributed by atoms with van der Waals surface area (Å²) in [5, 5.41) is 19.8. The maximum absolute atomic E-state index is 12.8. The largest absolute Gasteiger partial charge is 0.464 e. The molecule has 0 aliphatic heterocycles. The maximum atomic E-state index is 12.8. The van der Waals surface area contributed by atoms with Gasteiger partial charge in [0.1, 0.15) is 0 Å². The summed E-state index contributed by atoms with van der Waals surface area (Å²) in [5.41, 5.74) is 3.10. The van der Waals surface area contributed by atoms with Gasteiger partial charge in [-0.25, -0.2) is 4.68 Å². The Hall–Kier alpha value is -3.69. The molecular formula is C20H24N6O4. The Kier molecular flexibility index (Phi) is 6.14. The highest BCUT2D eigenvalue weighted by Gasteiger charge is 2.19. The predicted molar refractivity (Wildman–Crippen MR) is 109 cm³/mol. The van der Waals surface area contributed by atoms with Crippen LogP contribution in [0.3, 0.4) is 0 Å². The lowest BCUT2D eigenvalue weighted by molar-refractivity contribution is -0.386. The number of para-hydroxylation sites is 2. The molecule has 10 heteroatoms. The summed E-state index contributed by atoms with van der Waals surface area (Å²) >= 11 is 0. The van der Waals surface area contributed by atoms with Crippen molar-refractivity contribution in [2.24, 2.45) is 0 Å². The normalized spacial score (nSPS) is 10.8. The van der Waals surface area contributed by atoms with E-state index in [4.69, 9.17) is 4.74 Å². The highest BCUT2D eigenvalue weighted by atomic mass is 16.6. The standard InChI is InChI=1S/C20H24N6O4/c1-5-25-15(3)16(14(2)21-25)12-23(4)20(27)17-10-11-24(22-17)13-30-19-9-7-6-8-18(19)26(28)29/h6-11H,5,12-13H2,1-4H3. The molecule has 0 fully saturated rings.